The monoisotopic (exact) mass is 262 g/mol. The van der Waals surface area contributed by atoms with Gasteiger partial charge in [-0.3, -0.25) is 4.98 Å². The van der Waals surface area contributed by atoms with Crippen LogP contribution in [0.25, 0.3) is 21.9 Å². The predicted molar refractivity (Wildman–Crippen MR) is 84.4 cm³/mol. The molecule has 0 aliphatic rings. The van der Waals surface area contributed by atoms with Gasteiger partial charge in [-0.2, -0.15) is 0 Å². The highest BCUT2D eigenvalue weighted by molar-refractivity contribution is 5.86. The summed E-state index contributed by atoms with van der Waals surface area (Å²) < 4.78 is 0. The highest BCUT2D eigenvalue weighted by Gasteiger charge is 2.13. The molecule has 1 aromatic heterocycles. The molecular weight excluding hydrogens is 244 g/mol. The maximum Gasteiger partial charge on any atom is 0.0352 e. The van der Waals surface area contributed by atoms with E-state index >= 15 is 0 Å². The molecule has 2 nitrogen and oxygen atoms in total. The Morgan fingerprint density at radius 2 is 1.55 bits per heavy atom. The molecule has 0 aliphatic heterocycles. The van der Waals surface area contributed by atoms with E-state index in [1.165, 1.54) is 16.5 Å². The summed E-state index contributed by atoms with van der Waals surface area (Å²) in [6.07, 6.45) is 3.71. The van der Waals surface area contributed by atoms with E-state index in [4.69, 9.17) is 5.73 Å². The van der Waals surface area contributed by atoms with Crippen molar-refractivity contribution in [3.05, 3.63) is 66.5 Å². The maximum atomic E-state index is 6.11. The third kappa shape index (κ3) is 2.43. The van der Waals surface area contributed by atoms with E-state index in [0.29, 0.717) is 0 Å². The number of nitrogens with zero attached hydrogens (tertiary/aromatic N) is 1. The van der Waals surface area contributed by atoms with Gasteiger partial charge in [0.05, 0.1) is 0 Å². The maximum absolute atomic E-state index is 6.11. The van der Waals surface area contributed by atoms with Crippen molar-refractivity contribution in [2.45, 2.75) is 19.4 Å². The molecule has 0 fully saturated rings. The molecule has 100 valence electrons. The zero-order chi connectivity index (χ0) is 14.2. The molecule has 0 atom stereocenters. The summed E-state index contributed by atoms with van der Waals surface area (Å²) in [6, 6.07) is 16.9. The molecule has 0 saturated heterocycles. The van der Waals surface area contributed by atoms with Gasteiger partial charge in [-0.15, -0.1) is 0 Å². The van der Waals surface area contributed by atoms with Crippen LogP contribution in [0.4, 0.5) is 0 Å². The summed E-state index contributed by atoms with van der Waals surface area (Å²) in [6.45, 7) is 4.04. The number of aromatic nitrogens is 1. The highest BCUT2D eigenvalue weighted by atomic mass is 14.7. The SMILES string of the molecule is CC(C)(N)c1ccc(-c2ccc3cnccc3c2)cc1. The first-order chi connectivity index (χ1) is 9.54. The summed E-state index contributed by atoms with van der Waals surface area (Å²) >= 11 is 0. The molecule has 2 N–H and O–H groups in total. The Morgan fingerprint density at radius 1 is 0.850 bits per heavy atom. The Kier molecular flexibility index (Phi) is 3.03. The van der Waals surface area contributed by atoms with Gasteiger partial charge in [-0.05, 0) is 48.1 Å². The topological polar surface area (TPSA) is 38.9 Å². The molecule has 0 saturated carbocycles. The van der Waals surface area contributed by atoms with Crippen molar-refractivity contribution in [1.29, 1.82) is 0 Å². The Balaban J connectivity index is 2.02. The fraction of sp³-hybridized carbons (Fsp3) is 0.167. The first kappa shape index (κ1) is 12.8. The van der Waals surface area contributed by atoms with Crippen LogP contribution in [-0.4, -0.2) is 4.98 Å². The Labute approximate surface area is 119 Å². The molecule has 0 radical (unpaired) electrons. The zero-order valence-corrected chi connectivity index (χ0v) is 11.8. The van der Waals surface area contributed by atoms with E-state index in [2.05, 4.69) is 47.4 Å². The van der Waals surface area contributed by atoms with Gasteiger partial charge in [-0.25, -0.2) is 0 Å². The Morgan fingerprint density at radius 3 is 2.25 bits per heavy atom. The summed E-state index contributed by atoms with van der Waals surface area (Å²) in [5.74, 6) is 0. The average molecular weight is 262 g/mol. The van der Waals surface area contributed by atoms with Crippen LogP contribution in [0.5, 0.6) is 0 Å². The second kappa shape index (κ2) is 4.73. The molecule has 20 heavy (non-hydrogen) atoms. The number of fused-ring (bicyclic) bond motifs is 1. The zero-order valence-electron chi connectivity index (χ0n) is 11.8. The van der Waals surface area contributed by atoms with Gasteiger partial charge in [0, 0.05) is 23.3 Å². The van der Waals surface area contributed by atoms with Crippen LogP contribution in [0.3, 0.4) is 0 Å². The molecule has 0 bridgehead atoms. The predicted octanol–water partition coefficient (Wildman–Crippen LogP) is 4.10. The van der Waals surface area contributed by atoms with Crippen LogP contribution in [0.15, 0.2) is 60.9 Å². The largest absolute Gasteiger partial charge is 0.322 e. The lowest BCUT2D eigenvalue weighted by molar-refractivity contribution is 0.554. The van der Waals surface area contributed by atoms with Crippen molar-refractivity contribution in [3.63, 3.8) is 0 Å². The van der Waals surface area contributed by atoms with E-state index in [0.717, 1.165) is 10.9 Å². The Bertz CT molecular complexity index is 737. The second-order valence-electron chi connectivity index (χ2n) is 5.74. The number of pyridine rings is 1. The molecule has 0 amide bonds. The smallest absolute Gasteiger partial charge is 0.0352 e. The van der Waals surface area contributed by atoms with Gasteiger partial charge in [0.15, 0.2) is 0 Å². The molecule has 0 unspecified atom stereocenters. The number of nitrogens with two attached hydrogens (primary N) is 1. The molecular formula is C18H18N2. The fourth-order valence-electron chi connectivity index (χ4n) is 2.36. The van der Waals surface area contributed by atoms with Crippen LogP contribution >= 0.6 is 0 Å². The first-order valence-electron chi connectivity index (χ1n) is 6.78. The third-order valence-electron chi connectivity index (χ3n) is 3.60. The molecule has 3 rings (SSSR count). The van der Waals surface area contributed by atoms with Crippen LogP contribution in [0.1, 0.15) is 19.4 Å². The van der Waals surface area contributed by atoms with Crippen molar-refractivity contribution < 1.29 is 0 Å². The van der Waals surface area contributed by atoms with Crippen molar-refractivity contribution in [2.75, 3.05) is 0 Å². The molecule has 1 heterocycles. The summed E-state index contributed by atoms with van der Waals surface area (Å²) in [5.41, 5.74) is 9.38. The molecule has 0 aliphatic carbocycles. The molecule has 3 aromatic rings. The molecule has 0 spiro atoms. The van der Waals surface area contributed by atoms with E-state index < -0.39 is 0 Å². The minimum absolute atomic E-state index is 0.298. The lowest BCUT2D eigenvalue weighted by atomic mass is 9.93. The first-order valence-corrected chi connectivity index (χ1v) is 6.78. The van der Waals surface area contributed by atoms with Gasteiger partial charge in [-0.1, -0.05) is 36.4 Å². The van der Waals surface area contributed by atoms with Crippen molar-refractivity contribution in [3.8, 4) is 11.1 Å². The van der Waals surface area contributed by atoms with Crippen molar-refractivity contribution in [2.24, 2.45) is 5.73 Å². The number of benzene rings is 2. The second-order valence-corrected chi connectivity index (χ2v) is 5.74. The Hall–Kier alpha value is -2.19. The van der Waals surface area contributed by atoms with Gasteiger partial charge >= 0.3 is 0 Å². The molecule has 2 heteroatoms. The quantitative estimate of drug-likeness (QED) is 0.755. The van der Waals surface area contributed by atoms with E-state index in [9.17, 15) is 0 Å². The minimum atomic E-state index is -0.298. The lowest BCUT2D eigenvalue weighted by Gasteiger charge is -2.19. The van der Waals surface area contributed by atoms with Gasteiger partial charge in [0.1, 0.15) is 0 Å². The third-order valence-corrected chi connectivity index (χ3v) is 3.60. The van der Waals surface area contributed by atoms with Crippen LogP contribution < -0.4 is 5.73 Å². The summed E-state index contributed by atoms with van der Waals surface area (Å²) in [4.78, 5) is 4.14. The number of hydrogen-bond donors (Lipinski definition) is 1. The lowest BCUT2D eigenvalue weighted by Crippen LogP contribution is -2.28. The van der Waals surface area contributed by atoms with E-state index in [1.807, 2.05) is 32.3 Å². The normalized spacial score (nSPS) is 11.8. The van der Waals surface area contributed by atoms with Gasteiger partial charge in [0.25, 0.3) is 0 Å². The number of hydrogen-bond acceptors (Lipinski definition) is 2. The van der Waals surface area contributed by atoms with E-state index in [1.54, 1.807) is 0 Å². The minimum Gasteiger partial charge on any atom is -0.322 e. The van der Waals surface area contributed by atoms with Gasteiger partial charge in [0.2, 0.25) is 0 Å². The fourth-order valence-corrected chi connectivity index (χ4v) is 2.36. The summed E-state index contributed by atoms with van der Waals surface area (Å²) in [5, 5.41) is 2.37. The van der Waals surface area contributed by atoms with Crippen LogP contribution in [0, 0.1) is 0 Å². The standard InChI is InChI=1S/C18H18N2/c1-18(2,19)17-7-5-13(6-8-17)14-3-4-16-12-20-10-9-15(16)11-14/h3-12H,19H2,1-2H3. The summed E-state index contributed by atoms with van der Waals surface area (Å²) in [7, 11) is 0. The van der Waals surface area contributed by atoms with E-state index in [-0.39, 0.29) is 5.54 Å². The van der Waals surface area contributed by atoms with Gasteiger partial charge < -0.3 is 5.73 Å². The number of rotatable bonds is 2. The molecule has 2 aromatic carbocycles. The highest BCUT2D eigenvalue weighted by Crippen LogP contribution is 2.26. The van der Waals surface area contributed by atoms with Crippen LogP contribution in [-0.2, 0) is 5.54 Å². The average Bonchev–Trinajstić information content (AvgIpc) is 2.46. The van der Waals surface area contributed by atoms with Crippen molar-refractivity contribution >= 4 is 10.8 Å². The van der Waals surface area contributed by atoms with Crippen molar-refractivity contribution in [1.82, 2.24) is 4.98 Å². The van der Waals surface area contributed by atoms with Crippen LogP contribution in [0.2, 0.25) is 0 Å².